The first-order chi connectivity index (χ1) is 12.3. The minimum absolute atomic E-state index is 0.0493. The van der Waals surface area contributed by atoms with Crippen LogP contribution in [0.15, 0.2) is 0 Å². The van der Waals surface area contributed by atoms with Gasteiger partial charge in [0, 0.05) is 25.6 Å². The van der Waals surface area contributed by atoms with Gasteiger partial charge in [0.1, 0.15) is 26.1 Å². The lowest BCUT2D eigenvalue weighted by atomic mass is 9.91. The Hall–Kier alpha value is -1.35. The third-order valence-electron chi connectivity index (χ3n) is 2.60. The van der Waals surface area contributed by atoms with E-state index in [0.717, 1.165) is 6.54 Å². The summed E-state index contributed by atoms with van der Waals surface area (Å²) in [5, 5.41) is 5.48. The van der Waals surface area contributed by atoms with Gasteiger partial charge in [0.05, 0.1) is 13.2 Å². The molecule has 1 amide bonds. The second-order valence-electron chi connectivity index (χ2n) is 5.85. The Labute approximate surface area is 158 Å². The van der Waals surface area contributed by atoms with Crippen molar-refractivity contribution in [2.24, 2.45) is 5.41 Å². The zero-order chi connectivity index (χ0) is 20.8. The van der Waals surface area contributed by atoms with Crippen LogP contribution in [0.5, 0.6) is 0 Å². The van der Waals surface area contributed by atoms with Gasteiger partial charge in [-0.1, -0.05) is 34.6 Å². The number of hydrogen-bond acceptors (Lipinski definition) is 7. The van der Waals surface area contributed by atoms with Gasteiger partial charge in [-0.2, -0.15) is 0 Å². The van der Waals surface area contributed by atoms with Gasteiger partial charge in [0.15, 0.2) is 5.78 Å². The van der Waals surface area contributed by atoms with Gasteiger partial charge in [-0.3, -0.25) is 9.59 Å². The summed E-state index contributed by atoms with van der Waals surface area (Å²) in [6.07, 6.45) is 0.664. The van der Waals surface area contributed by atoms with Crippen LogP contribution in [0.4, 0.5) is 0 Å². The molecule has 0 atom stereocenters. The predicted molar refractivity (Wildman–Crippen MR) is 102 cm³/mol. The average Bonchev–Trinajstić information content (AvgIpc) is 2.60. The van der Waals surface area contributed by atoms with Crippen molar-refractivity contribution in [1.29, 1.82) is 0 Å². The number of nitrogens with one attached hydrogen (secondary N) is 2. The van der Waals surface area contributed by atoms with Gasteiger partial charge in [0.25, 0.3) is 0 Å². The van der Waals surface area contributed by atoms with E-state index in [0.29, 0.717) is 26.0 Å². The zero-order valence-electron chi connectivity index (χ0n) is 17.5. The highest BCUT2D eigenvalue weighted by Gasteiger charge is 2.20. The van der Waals surface area contributed by atoms with Gasteiger partial charge in [-0.05, 0) is 7.05 Å². The molecule has 2 N–H and O–H groups in total. The number of amides is 1. The smallest absolute Gasteiger partial charge is 0.246 e. The molecule has 8 heteroatoms. The molecule has 0 rings (SSSR count). The molecule has 0 bridgehead atoms. The number of carbonyl (C=O) groups excluding carboxylic acids is 3. The Morgan fingerprint density at radius 3 is 2.04 bits per heavy atom. The standard InChI is InChI=1S/C9H19NO2.C7H13NO4.C2H6/c1-9(2,3)8(11)7-12-6-5-10-4;1-11-6-7(10)8-2-4-12-5-3-9;1-2/h10H,5-7H2,1-4H3;3H,2,4-6H2,1H3,(H,8,10);1-2H3. The number of ether oxygens (including phenoxy) is 3. The molecule has 0 unspecified atom stereocenters. The molecule has 0 radical (unpaired) electrons. The van der Waals surface area contributed by atoms with Crippen LogP contribution in [0, 0.1) is 5.41 Å². The van der Waals surface area contributed by atoms with Crippen LogP contribution in [-0.4, -0.2) is 78.3 Å². The van der Waals surface area contributed by atoms with E-state index in [2.05, 4.69) is 15.4 Å². The maximum absolute atomic E-state index is 11.3. The van der Waals surface area contributed by atoms with Crippen LogP contribution in [0.1, 0.15) is 34.6 Å². The van der Waals surface area contributed by atoms with Gasteiger partial charge >= 0.3 is 0 Å². The van der Waals surface area contributed by atoms with E-state index in [4.69, 9.17) is 9.47 Å². The highest BCUT2D eigenvalue weighted by Crippen LogP contribution is 2.13. The number of rotatable bonds is 12. The summed E-state index contributed by atoms with van der Waals surface area (Å²) in [6, 6.07) is 0. The third-order valence-corrected chi connectivity index (χ3v) is 2.60. The van der Waals surface area contributed by atoms with Crippen LogP contribution in [0.3, 0.4) is 0 Å². The topological polar surface area (TPSA) is 103 Å². The first-order valence-electron chi connectivity index (χ1n) is 8.82. The summed E-state index contributed by atoms with van der Waals surface area (Å²) < 4.78 is 14.5. The van der Waals surface area contributed by atoms with Crippen LogP contribution >= 0.6 is 0 Å². The van der Waals surface area contributed by atoms with Crippen molar-refractivity contribution in [1.82, 2.24) is 10.6 Å². The van der Waals surface area contributed by atoms with Crippen molar-refractivity contribution < 1.29 is 28.6 Å². The fourth-order valence-electron chi connectivity index (χ4n) is 1.13. The van der Waals surface area contributed by atoms with Crippen molar-refractivity contribution >= 4 is 18.0 Å². The highest BCUT2D eigenvalue weighted by molar-refractivity contribution is 5.84. The Morgan fingerprint density at radius 1 is 1.00 bits per heavy atom. The highest BCUT2D eigenvalue weighted by atomic mass is 16.5. The van der Waals surface area contributed by atoms with E-state index >= 15 is 0 Å². The van der Waals surface area contributed by atoms with Crippen LogP contribution < -0.4 is 10.6 Å². The summed E-state index contributed by atoms with van der Waals surface area (Å²) in [5.41, 5.74) is -0.278. The van der Waals surface area contributed by atoms with Crippen LogP contribution in [-0.2, 0) is 28.6 Å². The molecule has 0 aliphatic carbocycles. The number of ketones is 1. The van der Waals surface area contributed by atoms with Gasteiger partial charge < -0.3 is 29.6 Å². The zero-order valence-corrected chi connectivity index (χ0v) is 17.5. The van der Waals surface area contributed by atoms with Crippen molar-refractivity contribution in [3.63, 3.8) is 0 Å². The van der Waals surface area contributed by atoms with Gasteiger partial charge in [0.2, 0.25) is 5.91 Å². The van der Waals surface area contributed by atoms with E-state index < -0.39 is 0 Å². The van der Waals surface area contributed by atoms with E-state index in [9.17, 15) is 14.4 Å². The van der Waals surface area contributed by atoms with E-state index in [1.165, 1.54) is 7.11 Å². The van der Waals surface area contributed by atoms with Crippen molar-refractivity contribution in [3.05, 3.63) is 0 Å². The average molecular weight is 379 g/mol. The van der Waals surface area contributed by atoms with Gasteiger partial charge in [-0.25, -0.2) is 0 Å². The molecule has 0 aliphatic heterocycles. The summed E-state index contributed by atoms with van der Waals surface area (Å²) in [6.45, 7) is 12.2. The van der Waals surface area contributed by atoms with Crippen molar-refractivity contribution in [3.8, 4) is 0 Å². The van der Waals surface area contributed by atoms with Crippen LogP contribution in [0.25, 0.3) is 0 Å². The SMILES string of the molecule is CC.CNCCOCC(=O)C(C)(C)C.COCC(=O)NCCOCC=O. The lowest BCUT2D eigenvalue weighted by Crippen LogP contribution is -2.30. The Balaban J connectivity index is -0.000000371. The lowest BCUT2D eigenvalue weighted by molar-refractivity contribution is -0.131. The van der Waals surface area contributed by atoms with E-state index in [1.54, 1.807) is 0 Å². The maximum Gasteiger partial charge on any atom is 0.246 e. The summed E-state index contributed by atoms with van der Waals surface area (Å²) >= 11 is 0. The van der Waals surface area contributed by atoms with E-state index in [-0.39, 0.29) is 36.9 Å². The molecular weight excluding hydrogens is 340 g/mol. The second kappa shape index (κ2) is 21.7. The third kappa shape index (κ3) is 24.9. The summed E-state index contributed by atoms with van der Waals surface area (Å²) in [7, 11) is 3.30. The minimum Gasteiger partial charge on any atom is -0.375 e. The molecule has 8 nitrogen and oxygen atoms in total. The molecule has 156 valence electrons. The number of methoxy groups -OCH3 is 1. The van der Waals surface area contributed by atoms with E-state index in [1.807, 2.05) is 41.7 Å². The maximum atomic E-state index is 11.3. The number of carbonyl (C=O) groups is 3. The summed E-state index contributed by atoms with van der Waals surface area (Å²) in [5.74, 6) is -0.0363. The molecule has 0 saturated heterocycles. The lowest BCUT2D eigenvalue weighted by Gasteiger charge is -2.16. The molecular formula is C18H38N2O6. The first-order valence-corrected chi connectivity index (χ1v) is 8.82. The molecule has 0 saturated carbocycles. The van der Waals surface area contributed by atoms with Crippen LogP contribution in [0.2, 0.25) is 0 Å². The molecule has 0 heterocycles. The normalized spacial score (nSPS) is 9.96. The molecule has 26 heavy (non-hydrogen) atoms. The number of hydrogen-bond donors (Lipinski definition) is 2. The van der Waals surface area contributed by atoms with Crippen molar-refractivity contribution in [2.75, 3.05) is 60.3 Å². The minimum atomic E-state index is -0.278. The molecule has 0 aromatic carbocycles. The summed E-state index contributed by atoms with van der Waals surface area (Å²) in [4.78, 5) is 31.8. The predicted octanol–water partition coefficient (Wildman–Crippen LogP) is 0.828. The monoisotopic (exact) mass is 378 g/mol. The number of Topliss-reactive ketones (excluding diaryl/α,β-unsaturated/α-hetero) is 1. The second-order valence-corrected chi connectivity index (χ2v) is 5.85. The first kappa shape index (κ1) is 29.4. The molecule has 0 aromatic rings. The molecule has 0 aliphatic rings. The Morgan fingerprint density at radius 2 is 1.58 bits per heavy atom. The molecule has 0 aromatic heterocycles. The number of aldehydes is 1. The Bertz CT molecular complexity index is 343. The largest absolute Gasteiger partial charge is 0.375 e. The molecule has 0 fully saturated rings. The number of likely N-dealkylation sites (N-methyl/N-ethyl adjacent to an activating group) is 1. The fourth-order valence-corrected chi connectivity index (χ4v) is 1.13. The fraction of sp³-hybridized carbons (Fsp3) is 0.833. The Kier molecular flexibility index (Phi) is 24.5. The van der Waals surface area contributed by atoms with Crippen molar-refractivity contribution in [2.45, 2.75) is 34.6 Å². The van der Waals surface area contributed by atoms with Gasteiger partial charge in [-0.15, -0.1) is 0 Å². The molecule has 0 spiro atoms. The quantitative estimate of drug-likeness (QED) is 0.383.